The van der Waals surface area contributed by atoms with E-state index in [4.69, 9.17) is 0 Å². The van der Waals surface area contributed by atoms with Gasteiger partial charge in [0.15, 0.2) is 5.17 Å². The van der Waals surface area contributed by atoms with Crippen LogP contribution in [0.2, 0.25) is 0 Å². The van der Waals surface area contributed by atoms with Crippen molar-refractivity contribution in [2.24, 2.45) is 4.99 Å². The molecule has 1 amide bonds. The lowest BCUT2D eigenvalue weighted by molar-refractivity contribution is -0.115. The molecule has 0 atom stereocenters. The Morgan fingerprint density at radius 2 is 1.76 bits per heavy atom. The Morgan fingerprint density at radius 3 is 2.48 bits per heavy atom. The van der Waals surface area contributed by atoms with E-state index in [1.807, 2.05) is 43.3 Å². The molecule has 1 aliphatic heterocycles. The first-order chi connectivity index (χ1) is 13.9. The van der Waals surface area contributed by atoms with Crippen LogP contribution < -0.4 is 5.32 Å². The van der Waals surface area contributed by atoms with Crippen molar-refractivity contribution in [2.45, 2.75) is 27.7 Å². The molecule has 29 heavy (non-hydrogen) atoms. The highest BCUT2D eigenvalue weighted by molar-refractivity contribution is 8.18. The van der Waals surface area contributed by atoms with Crippen molar-refractivity contribution in [1.29, 1.82) is 0 Å². The summed E-state index contributed by atoms with van der Waals surface area (Å²) in [6, 6.07) is 18.5. The molecule has 0 unspecified atom stereocenters. The van der Waals surface area contributed by atoms with Crippen molar-refractivity contribution >= 4 is 34.6 Å². The quantitative estimate of drug-likeness (QED) is 0.581. The second-order valence-electron chi connectivity index (χ2n) is 7.27. The number of aryl methyl sites for hydroxylation is 3. The maximum atomic E-state index is 12.5. The van der Waals surface area contributed by atoms with Gasteiger partial charge in [-0.1, -0.05) is 35.9 Å². The number of para-hydroxylation sites is 1. The highest BCUT2D eigenvalue weighted by Crippen LogP contribution is 2.31. The predicted octanol–water partition coefficient (Wildman–Crippen LogP) is 5.60. The molecule has 5 heteroatoms. The minimum absolute atomic E-state index is 0.108. The van der Waals surface area contributed by atoms with Crippen LogP contribution in [-0.2, 0) is 4.79 Å². The average Bonchev–Trinajstić information content (AvgIpc) is 3.17. The summed E-state index contributed by atoms with van der Waals surface area (Å²) in [6.45, 7) is 8.25. The first kappa shape index (κ1) is 19.3. The topological polar surface area (TPSA) is 46.4 Å². The molecule has 0 bridgehead atoms. The van der Waals surface area contributed by atoms with Crippen LogP contribution in [0.5, 0.6) is 0 Å². The maximum absolute atomic E-state index is 12.5. The number of aliphatic imine (C=N–C) groups is 1. The largest absolute Gasteiger partial charge is 0.318 e. The van der Waals surface area contributed by atoms with Crippen molar-refractivity contribution in [3.05, 3.63) is 87.6 Å². The lowest BCUT2D eigenvalue weighted by atomic mass is 10.1. The number of benzene rings is 2. The van der Waals surface area contributed by atoms with Crippen molar-refractivity contribution in [3.8, 4) is 5.69 Å². The third kappa shape index (κ3) is 3.91. The van der Waals surface area contributed by atoms with Crippen LogP contribution in [0.3, 0.4) is 0 Å². The summed E-state index contributed by atoms with van der Waals surface area (Å²) in [4.78, 5) is 17.8. The van der Waals surface area contributed by atoms with Gasteiger partial charge >= 0.3 is 0 Å². The number of amides is 1. The standard InChI is InChI=1S/C24H23N3OS/c1-15-10-11-21(16(2)12-15)25-24-26-23(28)22(29-24)14-19-13-17(3)27(18(19)4)20-8-6-5-7-9-20/h5-14H,1-4H3,(H,25,26,28)/b22-14-. The van der Waals surface area contributed by atoms with Gasteiger partial charge in [0.2, 0.25) is 0 Å². The first-order valence-electron chi connectivity index (χ1n) is 9.53. The van der Waals surface area contributed by atoms with Crippen molar-refractivity contribution in [3.63, 3.8) is 0 Å². The molecule has 1 fully saturated rings. The highest BCUT2D eigenvalue weighted by atomic mass is 32.2. The van der Waals surface area contributed by atoms with Crippen LogP contribution in [0.15, 0.2) is 64.5 Å². The number of amidine groups is 1. The lowest BCUT2D eigenvalue weighted by Gasteiger charge is -2.09. The Morgan fingerprint density at radius 1 is 1.00 bits per heavy atom. The second kappa shape index (κ2) is 7.76. The molecule has 1 aliphatic rings. The minimum atomic E-state index is -0.108. The molecule has 2 aromatic carbocycles. The van der Waals surface area contributed by atoms with Gasteiger partial charge in [0, 0.05) is 17.1 Å². The number of rotatable bonds is 3. The smallest absolute Gasteiger partial charge is 0.264 e. The molecule has 2 heterocycles. The van der Waals surface area contributed by atoms with E-state index in [-0.39, 0.29) is 5.91 Å². The molecule has 146 valence electrons. The lowest BCUT2D eigenvalue weighted by Crippen LogP contribution is -2.19. The van der Waals surface area contributed by atoms with Crippen molar-refractivity contribution in [1.82, 2.24) is 9.88 Å². The third-order valence-corrected chi connectivity index (χ3v) is 5.91. The summed E-state index contributed by atoms with van der Waals surface area (Å²) < 4.78 is 2.20. The van der Waals surface area contributed by atoms with E-state index in [1.165, 1.54) is 17.3 Å². The number of aromatic nitrogens is 1. The minimum Gasteiger partial charge on any atom is -0.318 e. The number of thioether (sulfide) groups is 1. The molecule has 1 aromatic heterocycles. The van der Waals surface area contributed by atoms with E-state index in [1.54, 1.807) is 0 Å². The molecule has 0 saturated carbocycles. The van der Waals surface area contributed by atoms with Gasteiger partial charge in [-0.15, -0.1) is 0 Å². The molecule has 1 N–H and O–H groups in total. The van der Waals surface area contributed by atoms with Crippen LogP contribution in [-0.4, -0.2) is 15.6 Å². The number of hydrogen-bond acceptors (Lipinski definition) is 3. The molecule has 0 aliphatic carbocycles. The summed E-state index contributed by atoms with van der Waals surface area (Å²) in [5, 5.41) is 3.50. The summed E-state index contributed by atoms with van der Waals surface area (Å²) in [5.74, 6) is -0.108. The molecule has 3 aromatic rings. The fourth-order valence-electron chi connectivity index (χ4n) is 3.57. The average molecular weight is 402 g/mol. The van der Waals surface area contributed by atoms with Crippen LogP contribution in [0, 0.1) is 27.7 Å². The van der Waals surface area contributed by atoms with Crippen LogP contribution in [0.1, 0.15) is 28.1 Å². The zero-order valence-electron chi connectivity index (χ0n) is 17.0. The van der Waals surface area contributed by atoms with Crippen molar-refractivity contribution in [2.75, 3.05) is 0 Å². The van der Waals surface area contributed by atoms with E-state index in [0.29, 0.717) is 10.1 Å². The highest BCUT2D eigenvalue weighted by Gasteiger charge is 2.24. The monoisotopic (exact) mass is 401 g/mol. The van der Waals surface area contributed by atoms with Gasteiger partial charge in [-0.3, -0.25) is 4.79 Å². The van der Waals surface area contributed by atoms with Crippen LogP contribution in [0.25, 0.3) is 11.8 Å². The molecule has 4 rings (SSSR count). The van der Waals surface area contributed by atoms with Crippen LogP contribution >= 0.6 is 11.8 Å². The Labute approximate surface area is 175 Å². The fraction of sp³-hybridized carbons (Fsp3) is 0.167. The van der Waals surface area contributed by atoms with Crippen LogP contribution in [0.4, 0.5) is 5.69 Å². The number of nitrogens with one attached hydrogen (secondary N) is 1. The first-order valence-corrected chi connectivity index (χ1v) is 10.4. The zero-order chi connectivity index (χ0) is 20.5. The molecular weight excluding hydrogens is 378 g/mol. The van der Waals surface area contributed by atoms with E-state index in [9.17, 15) is 4.79 Å². The third-order valence-electron chi connectivity index (χ3n) is 5.00. The van der Waals surface area contributed by atoms with Gasteiger partial charge in [0.1, 0.15) is 0 Å². The number of nitrogens with zero attached hydrogens (tertiary/aromatic N) is 2. The zero-order valence-corrected chi connectivity index (χ0v) is 17.8. The summed E-state index contributed by atoms with van der Waals surface area (Å²) in [7, 11) is 0. The number of carbonyl (C=O) groups excluding carboxylic acids is 1. The van der Waals surface area contributed by atoms with E-state index >= 15 is 0 Å². The molecule has 0 spiro atoms. The normalized spacial score (nSPS) is 16.6. The van der Waals surface area contributed by atoms with E-state index in [0.717, 1.165) is 33.9 Å². The van der Waals surface area contributed by atoms with Gasteiger partial charge in [0.05, 0.1) is 10.6 Å². The summed E-state index contributed by atoms with van der Waals surface area (Å²) >= 11 is 1.38. The number of hydrogen-bond donors (Lipinski definition) is 1. The van der Waals surface area contributed by atoms with E-state index < -0.39 is 0 Å². The summed E-state index contributed by atoms with van der Waals surface area (Å²) in [5.41, 5.74) is 7.56. The molecule has 1 saturated heterocycles. The number of carbonyl (C=O) groups is 1. The van der Waals surface area contributed by atoms with Gasteiger partial charge in [0.25, 0.3) is 5.91 Å². The summed E-state index contributed by atoms with van der Waals surface area (Å²) in [6.07, 6.45) is 1.95. The van der Waals surface area contributed by atoms with Gasteiger partial charge in [-0.05, 0) is 80.9 Å². The Balaban J connectivity index is 1.64. The predicted molar refractivity (Wildman–Crippen MR) is 122 cm³/mol. The van der Waals surface area contributed by atoms with Crippen molar-refractivity contribution < 1.29 is 4.79 Å². The fourth-order valence-corrected chi connectivity index (χ4v) is 4.40. The van der Waals surface area contributed by atoms with Gasteiger partial charge in [-0.25, -0.2) is 4.99 Å². The van der Waals surface area contributed by atoms with E-state index in [2.05, 4.69) is 59.9 Å². The Bertz CT molecular complexity index is 1160. The second-order valence-corrected chi connectivity index (χ2v) is 8.30. The molecular formula is C24H23N3OS. The maximum Gasteiger partial charge on any atom is 0.264 e. The van der Waals surface area contributed by atoms with Gasteiger partial charge in [-0.2, -0.15) is 0 Å². The van der Waals surface area contributed by atoms with Gasteiger partial charge < -0.3 is 9.88 Å². The molecule has 0 radical (unpaired) electrons. The Kier molecular flexibility index (Phi) is 5.16. The SMILES string of the molecule is Cc1ccc(N=C2NC(=O)/C(=C/c3cc(C)n(-c4ccccc4)c3C)S2)c(C)c1. The Hall–Kier alpha value is -3.05. The molecule has 4 nitrogen and oxygen atoms in total.